The molecule has 2 N–H and O–H groups in total. The molecule has 0 bridgehead atoms. The molecule has 1 unspecified atom stereocenters. The summed E-state index contributed by atoms with van der Waals surface area (Å²) in [5.74, 6) is 3.15. The standard InChI is InChI=1S/C23H38N4O3.HI/c1-4-24-23(26-17-20(14-18(2)3)27-8-12-28-13-9-27)25-16-19-6-7-21-22(15-19)30-11-5-10-29-21;/h6-7,15,18,20H,4-5,8-14,16-17H2,1-3H3,(H2,24,25,26);1H. The molecule has 0 aromatic heterocycles. The molecule has 2 heterocycles. The van der Waals surface area contributed by atoms with Gasteiger partial charge in [-0.3, -0.25) is 4.90 Å². The highest BCUT2D eigenvalue weighted by molar-refractivity contribution is 14.0. The molecule has 1 atom stereocenters. The number of fused-ring (bicyclic) bond motifs is 1. The Labute approximate surface area is 204 Å². The number of nitrogens with zero attached hydrogens (tertiary/aromatic N) is 2. The molecule has 0 aliphatic carbocycles. The van der Waals surface area contributed by atoms with Crippen LogP contribution in [0.15, 0.2) is 23.2 Å². The minimum Gasteiger partial charge on any atom is -0.490 e. The molecule has 1 saturated heterocycles. The van der Waals surface area contributed by atoms with Gasteiger partial charge in [-0.1, -0.05) is 19.9 Å². The van der Waals surface area contributed by atoms with Gasteiger partial charge in [0.15, 0.2) is 17.5 Å². The second-order valence-corrected chi connectivity index (χ2v) is 8.34. The number of rotatable bonds is 8. The first kappa shape index (κ1) is 26.0. The molecule has 8 heteroatoms. The average Bonchev–Trinajstić information content (AvgIpc) is 3.00. The van der Waals surface area contributed by atoms with Gasteiger partial charge in [0.25, 0.3) is 0 Å². The predicted molar refractivity (Wildman–Crippen MR) is 136 cm³/mol. The van der Waals surface area contributed by atoms with Crippen LogP contribution in [-0.4, -0.2) is 69.5 Å². The number of morpholine rings is 1. The normalized spacial score (nSPS) is 18.1. The first-order valence-corrected chi connectivity index (χ1v) is 11.4. The number of halogens is 1. The number of ether oxygens (including phenoxy) is 3. The number of benzene rings is 1. The SMILES string of the molecule is CCNC(=NCc1ccc2c(c1)OCCCO2)NCC(CC(C)C)N1CCOCC1.I. The Kier molecular flexibility index (Phi) is 11.7. The fourth-order valence-electron chi connectivity index (χ4n) is 3.88. The molecule has 1 aromatic rings. The molecule has 176 valence electrons. The van der Waals surface area contributed by atoms with Crippen LogP contribution in [0.1, 0.15) is 39.2 Å². The van der Waals surface area contributed by atoms with Crippen molar-refractivity contribution in [3.05, 3.63) is 23.8 Å². The molecule has 1 aromatic carbocycles. The summed E-state index contributed by atoms with van der Waals surface area (Å²) in [4.78, 5) is 7.35. The van der Waals surface area contributed by atoms with Crippen molar-refractivity contribution in [2.24, 2.45) is 10.9 Å². The van der Waals surface area contributed by atoms with E-state index in [0.717, 1.165) is 75.3 Å². The first-order chi connectivity index (χ1) is 14.7. The highest BCUT2D eigenvalue weighted by atomic mass is 127. The van der Waals surface area contributed by atoms with Crippen LogP contribution >= 0.6 is 24.0 Å². The van der Waals surface area contributed by atoms with Crippen LogP contribution in [-0.2, 0) is 11.3 Å². The summed E-state index contributed by atoms with van der Waals surface area (Å²) in [6, 6.07) is 6.58. The van der Waals surface area contributed by atoms with Crippen molar-refractivity contribution in [2.45, 2.75) is 46.2 Å². The van der Waals surface area contributed by atoms with Gasteiger partial charge in [-0.15, -0.1) is 24.0 Å². The Morgan fingerprint density at radius 3 is 2.52 bits per heavy atom. The maximum absolute atomic E-state index is 5.81. The summed E-state index contributed by atoms with van der Waals surface area (Å²) in [6.07, 6.45) is 2.08. The second-order valence-electron chi connectivity index (χ2n) is 8.34. The van der Waals surface area contributed by atoms with Crippen molar-refractivity contribution in [1.29, 1.82) is 0 Å². The monoisotopic (exact) mass is 546 g/mol. The van der Waals surface area contributed by atoms with Gasteiger partial charge in [0.2, 0.25) is 0 Å². The third-order valence-corrected chi connectivity index (χ3v) is 5.39. The van der Waals surface area contributed by atoms with E-state index in [1.165, 1.54) is 0 Å². The van der Waals surface area contributed by atoms with E-state index in [1.807, 2.05) is 12.1 Å². The van der Waals surface area contributed by atoms with Gasteiger partial charge < -0.3 is 24.8 Å². The van der Waals surface area contributed by atoms with Crippen molar-refractivity contribution in [3.8, 4) is 11.5 Å². The van der Waals surface area contributed by atoms with Crippen LogP contribution in [0.4, 0.5) is 0 Å². The first-order valence-electron chi connectivity index (χ1n) is 11.4. The molecule has 7 nitrogen and oxygen atoms in total. The van der Waals surface area contributed by atoms with E-state index in [9.17, 15) is 0 Å². The highest BCUT2D eigenvalue weighted by Crippen LogP contribution is 2.30. The summed E-state index contributed by atoms with van der Waals surface area (Å²) in [5, 5.41) is 6.94. The van der Waals surface area contributed by atoms with E-state index < -0.39 is 0 Å². The van der Waals surface area contributed by atoms with E-state index in [0.29, 0.717) is 31.7 Å². The van der Waals surface area contributed by atoms with Crippen molar-refractivity contribution in [2.75, 3.05) is 52.6 Å². The van der Waals surface area contributed by atoms with Crippen LogP contribution in [0, 0.1) is 5.92 Å². The largest absolute Gasteiger partial charge is 0.490 e. The summed E-state index contributed by atoms with van der Waals surface area (Å²) in [6.45, 7) is 14.0. The molecule has 31 heavy (non-hydrogen) atoms. The van der Waals surface area contributed by atoms with Crippen LogP contribution in [0.3, 0.4) is 0 Å². The highest BCUT2D eigenvalue weighted by Gasteiger charge is 2.22. The Hall–Kier alpha value is -1.26. The van der Waals surface area contributed by atoms with Gasteiger partial charge in [0, 0.05) is 38.6 Å². The molecule has 0 amide bonds. The van der Waals surface area contributed by atoms with E-state index in [-0.39, 0.29) is 24.0 Å². The zero-order valence-corrected chi connectivity index (χ0v) is 21.5. The third kappa shape index (κ3) is 8.65. The Bertz CT molecular complexity index is 681. The summed E-state index contributed by atoms with van der Waals surface area (Å²) >= 11 is 0. The lowest BCUT2D eigenvalue weighted by molar-refractivity contribution is 0.0132. The molecular weight excluding hydrogens is 507 g/mol. The molecule has 1 fully saturated rings. The van der Waals surface area contributed by atoms with Gasteiger partial charge in [-0.05, 0) is 37.0 Å². The smallest absolute Gasteiger partial charge is 0.191 e. The van der Waals surface area contributed by atoms with Crippen LogP contribution in [0.5, 0.6) is 11.5 Å². The quantitative estimate of drug-likeness (QED) is 0.297. The lowest BCUT2D eigenvalue weighted by Crippen LogP contribution is -2.51. The molecule has 0 spiro atoms. The van der Waals surface area contributed by atoms with Crippen LogP contribution < -0.4 is 20.1 Å². The zero-order chi connectivity index (χ0) is 21.2. The molecular formula is C23H39IN4O3. The van der Waals surface area contributed by atoms with Crippen LogP contribution in [0.25, 0.3) is 0 Å². The fourth-order valence-corrected chi connectivity index (χ4v) is 3.88. The third-order valence-electron chi connectivity index (χ3n) is 5.39. The maximum Gasteiger partial charge on any atom is 0.191 e. The van der Waals surface area contributed by atoms with Gasteiger partial charge in [0.1, 0.15) is 0 Å². The minimum atomic E-state index is 0. The summed E-state index contributed by atoms with van der Waals surface area (Å²) in [7, 11) is 0. The van der Waals surface area contributed by atoms with Crippen LogP contribution in [0.2, 0.25) is 0 Å². The summed E-state index contributed by atoms with van der Waals surface area (Å²) < 4.78 is 17.1. The summed E-state index contributed by atoms with van der Waals surface area (Å²) in [5.41, 5.74) is 1.11. The second kappa shape index (κ2) is 14.0. The lowest BCUT2D eigenvalue weighted by Gasteiger charge is -2.35. The molecule has 0 saturated carbocycles. The lowest BCUT2D eigenvalue weighted by atomic mass is 10.0. The minimum absolute atomic E-state index is 0. The predicted octanol–water partition coefficient (Wildman–Crippen LogP) is 3.27. The molecule has 0 radical (unpaired) electrons. The Balaban J connectivity index is 0.00000341. The topological polar surface area (TPSA) is 67.4 Å². The number of hydrogen-bond donors (Lipinski definition) is 2. The van der Waals surface area contributed by atoms with Gasteiger partial charge in [0.05, 0.1) is 33.0 Å². The van der Waals surface area contributed by atoms with Gasteiger partial charge >= 0.3 is 0 Å². The zero-order valence-electron chi connectivity index (χ0n) is 19.2. The Morgan fingerprint density at radius 1 is 1.06 bits per heavy atom. The number of nitrogens with one attached hydrogen (secondary N) is 2. The number of aliphatic imine (C=N–C) groups is 1. The maximum atomic E-state index is 5.81. The number of hydrogen-bond acceptors (Lipinski definition) is 5. The molecule has 3 rings (SSSR count). The number of guanidine groups is 1. The Morgan fingerprint density at radius 2 is 1.81 bits per heavy atom. The van der Waals surface area contributed by atoms with Gasteiger partial charge in [-0.25, -0.2) is 4.99 Å². The van der Waals surface area contributed by atoms with Gasteiger partial charge in [-0.2, -0.15) is 0 Å². The fraction of sp³-hybridized carbons (Fsp3) is 0.696. The van der Waals surface area contributed by atoms with E-state index in [1.54, 1.807) is 0 Å². The molecule has 2 aliphatic heterocycles. The van der Waals surface area contributed by atoms with E-state index in [4.69, 9.17) is 19.2 Å². The van der Waals surface area contributed by atoms with Crippen molar-refractivity contribution in [3.63, 3.8) is 0 Å². The van der Waals surface area contributed by atoms with E-state index in [2.05, 4.69) is 42.4 Å². The average molecular weight is 546 g/mol. The van der Waals surface area contributed by atoms with Crippen molar-refractivity contribution < 1.29 is 14.2 Å². The van der Waals surface area contributed by atoms with Crippen molar-refractivity contribution >= 4 is 29.9 Å². The molecule has 2 aliphatic rings. The van der Waals surface area contributed by atoms with E-state index >= 15 is 0 Å². The van der Waals surface area contributed by atoms with Crippen molar-refractivity contribution in [1.82, 2.24) is 15.5 Å².